The lowest BCUT2D eigenvalue weighted by atomic mass is 10.1. The first-order valence-electron chi connectivity index (χ1n) is 8.05. The van der Waals surface area contributed by atoms with Crippen LogP contribution in [-0.2, 0) is 16.0 Å². The van der Waals surface area contributed by atoms with Gasteiger partial charge in [0.05, 0.1) is 18.8 Å². The van der Waals surface area contributed by atoms with E-state index in [1.54, 1.807) is 6.20 Å². The number of amides is 1. The molecule has 1 amide bonds. The van der Waals surface area contributed by atoms with Crippen molar-refractivity contribution in [2.45, 2.75) is 25.9 Å². The van der Waals surface area contributed by atoms with Crippen LogP contribution < -0.4 is 0 Å². The van der Waals surface area contributed by atoms with Crippen molar-refractivity contribution in [3.05, 3.63) is 58.6 Å². The second kappa shape index (κ2) is 7.73. The van der Waals surface area contributed by atoms with Gasteiger partial charge < -0.3 is 9.64 Å². The molecule has 1 atom stereocenters. The van der Waals surface area contributed by atoms with Gasteiger partial charge in [-0.2, -0.15) is 0 Å². The Hall–Kier alpha value is -1.98. The van der Waals surface area contributed by atoms with Gasteiger partial charge in [0, 0.05) is 24.2 Å². The molecule has 3 rings (SSSR count). The second-order valence-corrected chi connectivity index (χ2v) is 6.29. The number of benzene rings is 1. The number of halogens is 1. The van der Waals surface area contributed by atoms with Gasteiger partial charge >= 0.3 is 0 Å². The Morgan fingerprint density at radius 3 is 2.88 bits per heavy atom. The van der Waals surface area contributed by atoms with E-state index < -0.39 is 0 Å². The number of carbonyl (C=O) groups excluding carboxylic acids is 1. The third-order valence-electron chi connectivity index (χ3n) is 4.09. The summed E-state index contributed by atoms with van der Waals surface area (Å²) in [4.78, 5) is 22.9. The van der Waals surface area contributed by atoms with Gasteiger partial charge in [-0.15, -0.1) is 0 Å². The van der Waals surface area contributed by atoms with Crippen LogP contribution in [0.4, 0.5) is 0 Å². The SMILES string of the molecule is Cc1nccc([C@@H]2CN(C(=O)CCc3ccc(Cl)cc3)CCO2)n1. The molecule has 6 heteroatoms. The molecule has 0 bridgehead atoms. The van der Waals surface area contributed by atoms with E-state index in [1.165, 1.54) is 0 Å². The van der Waals surface area contributed by atoms with Gasteiger partial charge in [-0.1, -0.05) is 23.7 Å². The number of aromatic nitrogens is 2. The summed E-state index contributed by atoms with van der Waals surface area (Å²) in [6.45, 7) is 3.54. The number of morpholine rings is 1. The maximum Gasteiger partial charge on any atom is 0.223 e. The highest BCUT2D eigenvalue weighted by atomic mass is 35.5. The van der Waals surface area contributed by atoms with Crippen molar-refractivity contribution in [3.8, 4) is 0 Å². The van der Waals surface area contributed by atoms with Crippen LogP contribution in [0.1, 0.15) is 29.6 Å². The minimum absolute atomic E-state index is 0.143. The van der Waals surface area contributed by atoms with E-state index in [9.17, 15) is 4.79 Å². The zero-order valence-corrected chi connectivity index (χ0v) is 14.4. The van der Waals surface area contributed by atoms with Crippen molar-refractivity contribution in [3.63, 3.8) is 0 Å². The molecule has 0 N–H and O–H groups in total. The summed E-state index contributed by atoms with van der Waals surface area (Å²) >= 11 is 5.88. The highest BCUT2D eigenvalue weighted by Gasteiger charge is 2.26. The molecule has 1 aliphatic heterocycles. The Kier molecular flexibility index (Phi) is 5.43. The van der Waals surface area contributed by atoms with Crippen LogP contribution in [0.5, 0.6) is 0 Å². The molecule has 1 saturated heterocycles. The number of aryl methyl sites for hydroxylation is 2. The summed E-state index contributed by atoms with van der Waals surface area (Å²) in [6, 6.07) is 9.47. The maximum absolute atomic E-state index is 12.5. The number of ether oxygens (including phenoxy) is 1. The van der Waals surface area contributed by atoms with Crippen molar-refractivity contribution in [2.24, 2.45) is 0 Å². The first-order chi connectivity index (χ1) is 11.6. The summed E-state index contributed by atoms with van der Waals surface area (Å²) < 4.78 is 5.78. The molecule has 2 heterocycles. The lowest BCUT2D eigenvalue weighted by Gasteiger charge is -2.32. The third-order valence-corrected chi connectivity index (χ3v) is 4.34. The van der Waals surface area contributed by atoms with Crippen molar-refractivity contribution in [2.75, 3.05) is 19.7 Å². The van der Waals surface area contributed by atoms with Crippen molar-refractivity contribution in [1.29, 1.82) is 0 Å². The standard InChI is InChI=1S/C18H20ClN3O2/c1-13-20-9-8-16(21-13)17-12-22(10-11-24-17)18(23)7-4-14-2-5-15(19)6-3-14/h2-3,5-6,8-9,17H,4,7,10-12H2,1H3/t17-/m0/s1. The number of hydrogen-bond donors (Lipinski definition) is 0. The Bertz CT molecular complexity index is 706. The number of carbonyl (C=O) groups is 1. The van der Waals surface area contributed by atoms with Crippen LogP contribution in [0.25, 0.3) is 0 Å². The number of hydrogen-bond acceptors (Lipinski definition) is 4. The second-order valence-electron chi connectivity index (χ2n) is 5.85. The summed E-state index contributed by atoms with van der Waals surface area (Å²) in [5.41, 5.74) is 1.95. The van der Waals surface area contributed by atoms with Crippen LogP contribution >= 0.6 is 11.6 Å². The van der Waals surface area contributed by atoms with E-state index in [-0.39, 0.29) is 12.0 Å². The van der Waals surface area contributed by atoms with Crippen LogP contribution in [0.3, 0.4) is 0 Å². The average Bonchev–Trinajstić information content (AvgIpc) is 2.61. The molecular formula is C18H20ClN3O2. The molecule has 0 unspecified atom stereocenters. The zero-order valence-electron chi connectivity index (χ0n) is 13.6. The predicted octanol–water partition coefficient (Wildman–Crippen LogP) is 2.97. The Morgan fingerprint density at radius 2 is 2.12 bits per heavy atom. The fourth-order valence-corrected chi connectivity index (χ4v) is 2.89. The van der Waals surface area contributed by atoms with E-state index in [4.69, 9.17) is 16.3 Å². The summed E-state index contributed by atoms with van der Waals surface area (Å²) in [5, 5.41) is 0.709. The quantitative estimate of drug-likeness (QED) is 0.854. The van der Waals surface area contributed by atoms with Crippen molar-refractivity contribution in [1.82, 2.24) is 14.9 Å². The molecule has 1 aliphatic rings. The smallest absolute Gasteiger partial charge is 0.223 e. The summed E-state index contributed by atoms with van der Waals surface area (Å²) in [7, 11) is 0. The molecule has 0 saturated carbocycles. The Balaban J connectivity index is 1.57. The fourth-order valence-electron chi connectivity index (χ4n) is 2.77. The van der Waals surface area contributed by atoms with Crippen LogP contribution in [0, 0.1) is 6.92 Å². The van der Waals surface area contributed by atoms with E-state index in [0.29, 0.717) is 43.4 Å². The van der Waals surface area contributed by atoms with Gasteiger partial charge in [0.2, 0.25) is 5.91 Å². The van der Waals surface area contributed by atoms with Crippen LogP contribution in [0.2, 0.25) is 5.02 Å². The van der Waals surface area contributed by atoms with Gasteiger partial charge in [-0.3, -0.25) is 4.79 Å². The van der Waals surface area contributed by atoms with Crippen molar-refractivity contribution < 1.29 is 9.53 Å². The number of nitrogens with zero attached hydrogens (tertiary/aromatic N) is 3. The summed E-state index contributed by atoms with van der Waals surface area (Å²) in [6.07, 6.45) is 2.74. The third kappa shape index (κ3) is 4.30. The summed E-state index contributed by atoms with van der Waals surface area (Å²) in [5.74, 6) is 0.853. The van der Waals surface area contributed by atoms with Gasteiger partial charge in [0.1, 0.15) is 11.9 Å². The normalized spacial score (nSPS) is 17.8. The maximum atomic E-state index is 12.5. The molecule has 5 nitrogen and oxygen atoms in total. The topological polar surface area (TPSA) is 55.3 Å². The van der Waals surface area contributed by atoms with E-state index in [2.05, 4.69) is 9.97 Å². The molecule has 0 spiro atoms. The van der Waals surface area contributed by atoms with Gasteiger partial charge in [0.15, 0.2) is 0 Å². The van der Waals surface area contributed by atoms with Crippen LogP contribution in [-0.4, -0.2) is 40.5 Å². The molecule has 0 aliphatic carbocycles. The van der Waals surface area contributed by atoms with E-state index >= 15 is 0 Å². The first kappa shape index (κ1) is 16.9. The molecule has 1 aromatic heterocycles. The first-order valence-corrected chi connectivity index (χ1v) is 8.43. The van der Waals surface area contributed by atoms with Crippen molar-refractivity contribution >= 4 is 17.5 Å². The Labute approximate surface area is 146 Å². The highest BCUT2D eigenvalue weighted by molar-refractivity contribution is 6.30. The minimum atomic E-state index is -0.181. The monoisotopic (exact) mass is 345 g/mol. The van der Waals surface area contributed by atoms with Gasteiger partial charge in [0.25, 0.3) is 0 Å². The molecule has 0 radical (unpaired) electrons. The number of rotatable bonds is 4. The highest BCUT2D eigenvalue weighted by Crippen LogP contribution is 2.21. The largest absolute Gasteiger partial charge is 0.368 e. The lowest BCUT2D eigenvalue weighted by Crippen LogP contribution is -2.42. The van der Waals surface area contributed by atoms with Gasteiger partial charge in [-0.05, 0) is 37.1 Å². The molecule has 1 aromatic carbocycles. The Morgan fingerprint density at radius 1 is 1.33 bits per heavy atom. The van der Waals surface area contributed by atoms with E-state index in [1.807, 2.05) is 42.2 Å². The zero-order chi connectivity index (χ0) is 16.9. The average molecular weight is 346 g/mol. The minimum Gasteiger partial charge on any atom is -0.368 e. The fraction of sp³-hybridized carbons (Fsp3) is 0.389. The molecule has 24 heavy (non-hydrogen) atoms. The van der Waals surface area contributed by atoms with Gasteiger partial charge in [-0.25, -0.2) is 9.97 Å². The molecule has 2 aromatic rings. The van der Waals surface area contributed by atoms with Crippen LogP contribution in [0.15, 0.2) is 36.5 Å². The molecule has 126 valence electrons. The molecule has 1 fully saturated rings. The lowest BCUT2D eigenvalue weighted by molar-refractivity contribution is -0.139. The predicted molar refractivity (Wildman–Crippen MR) is 91.8 cm³/mol. The van der Waals surface area contributed by atoms with E-state index in [0.717, 1.165) is 11.3 Å². The molecular weight excluding hydrogens is 326 g/mol.